The Morgan fingerprint density at radius 3 is 1.69 bits per heavy atom. The van der Waals surface area contributed by atoms with Crippen LogP contribution in [0.25, 0.3) is 0 Å². The van der Waals surface area contributed by atoms with Crippen molar-refractivity contribution in [3.63, 3.8) is 0 Å². The van der Waals surface area contributed by atoms with E-state index in [0.29, 0.717) is 6.42 Å². The van der Waals surface area contributed by atoms with Crippen molar-refractivity contribution in [2.45, 2.75) is 39.7 Å². The van der Waals surface area contributed by atoms with Gasteiger partial charge in [0.25, 0.3) is 0 Å². The van der Waals surface area contributed by atoms with Crippen molar-refractivity contribution >= 4 is 5.97 Å². The number of carboxylic acid groups (broad SMARTS) is 1. The van der Waals surface area contributed by atoms with Gasteiger partial charge in [0.2, 0.25) is 0 Å². The molecule has 4 nitrogen and oxygen atoms in total. The van der Waals surface area contributed by atoms with E-state index in [-0.39, 0.29) is 12.5 Å². The molecule has 0 radical (unpaired) electrons. The molecule has 0 aromatic rings. The monoisotopic (exact) mass is 192 g/mol. The SMILES string of the molecule is CC(C)(O)CCO.CC(C)C(=O)O. The third kappa shape index (κ3) is 18.4. The molecule has 0 aromatic carbocycles. The first-order valence-corrected chi connectivity index (χ1v) is 4.26. The maximum absolute atomic E-state index is 9.70. The zero-order valence-corrected chi connectivity index (χ0v) is 8.74. The van der Waals surface area contributed by atoms with Gasteiger partial charge in [0.1, 0.15) is 0 Å². The number of rotatable bonds is 3. The first kappa shape index (κ1) is 14.9. The van der Waals surface area contributed by atoms with Crippen molar-refractivity contribution in [2.24, 2.45) is 5.92 Å². The molecular weight excluding hydrogens is 172 g/mol. The van der Waals surface area contributed by atoms with Gasteiger partial charge in [-0.05, 0) is 20.3 Å². The fraction of sp³-hybridized carbons (Fsp3) is 0.889. The fourth-order valence-electron chi connectivity index (χ4n) is 0.274. The average molecular weight is 192 g/mol. The van der Waals surface area contributed by atoms with Crippen LogP contribution in [0.3, 0.4) is 0 Å². The Hall–Kier alpha value is -0.610. The summed E-state index contributed by atoms with van der Waals surface area (Å²) in [4.78, 5) is 9.70. The van der Waals surface area contributed by atoms with E-state index in [0.717, 1.165) is 0 Å². The lowest BCUT2D eigenvalue weighted by Gasteiger charge is -2.13. The largest absolute Gasteiger partial charge is 0.481 e. The zero-order chi connectivity index (χ0) is 11.1. The van der Waals surface area contributed by atoms with Gasteiger partial charge in [0.05, 0.1) is 11.5 Å². The maximum Gasteiger partial charge on any atom is 0.305 e. The van der Waals surface area contributed by atoms with Crippen molar-refractivity contribution < 1.29 is 20.1 Å². The molecule has 0 bridgehead atoms. The van der Waals surface area contributed by atoms with Gasteiger partial charge in [-0.2, -0.15) is 0 Å². The number of carbonyl (C=O) groups is 1. The molecular formula is C9H20O4. The molecule has 0 atom stereocenters. The summed E-state index contributed by atoms with van der Waals surface area (Å²) in [5.74, 6) is -0.972. The summed E-state index contributed by atoms with van der Waals surface area (Å²) in [6, 6.07) is 0. The third-order valence-electron chi connectivity index (χ3n) is 1.22. The number of aliphatic carboxylic acids is 1. The zero-order valence-electron chi connectivity index (χ0n) is 8.74. The minimum absolute atomic E-state index is 0.0590. The van der Waals surface area contributed by atoms with Crippen molar-refractivity contribution in [1.29, 1.82) is 0 Å². The molecule has 4 heteroatoms. The van der Waals surface area contributed by atoms with Gasteiger partial charge in [0, 0.05) is 6.61 Å². The highest BCUT2D eigenvalue weighted by molar-refractivity contribution is 5.68. The van der Waals surface area contributed by atoms with Gasteiger partial charge in [0.15, 0.2) is 0 Å². The van der Waals surface area contributed by atoms with Crippen LogP contribution in [0.15, 0.2) is 0 Å². The van der Waals surface area contributed by atoms with Crippen LogP contribution in [0.5, 0.6) is 0 Å². The molecule has 3 N–H and O–H groups in total. The van der Waals surface area contributed by atoms with Gasteiger partial charge in [-0.1, -0.05) is 13.8 Å². The molecule has 0 spiro atoms. The molecule has 0 aliphatic rings. The molecule has 80 valence electrons. The number of carboxylic acids is 1. The molecule has 0 aliphatic heterocycles. The Labute approximate surface area is 79.2 Å². The lowest BCUT2D eigenvalue weighted by Crippen LogP contribution is -2.19. The highest BCUT2D eigenvalue weighted by Gasteiger charge is 2.09. The molecule has 0 saturated heterocycles. The molecule has 13 heavy (non-hydrogen) atoms. The molecule has 0 amide bonds. The molecule has 0 rings (SSSR count). The Morgan fingerprint density at radius 2 is 1.69 bits per heavy atom. The van der Waals surface area contributed by atoms with Crippen LogP contribution in [0.2, 0.25) is 0 Å². The van der Waals surface area contributed by atoms with E-state index in [1.807, 2.05) is 0 Å². The van der Waals surface area contributed by atoms with Crippen molar-refractivity contribution in [3.8, 4) is 0 Å². The van der Waals surface area contributed by atoms with E-state index < -0.39 is 11.6 Å². The first-order chi connectivity index (χ1) is 5.70. The lowest BCUT2D eigenvalue weighted by atomic mass is 10.1. The summed E-state index contributed by atoms with van der Waals surface area (Å²) in [5, 5.41) is 25.1. The Kier molecular flexibility index (Phi) is 7.85. The summed E-state index contributed by atoms with van der Waals surface area (Å²) in [5.41, 5.74) is -0.700. The lowest BCUT2D eigenvalue weighted by molar-refractivity contribution is -0.140. The Bertz CT molecular complexity index is 135. The van der Waals surface area contributed by atoms with Crippen molar-refractivity contribution in [3.05, 3.63) is 0 Å². The van der Waals surface area contributed by atoms with Crippen molar-refractivity contribution in [1.82, 2.24) is 0 Å². The molecule has 0 fully saturated rings. The molecule has 0 unspecified atom stereocenters. The van der Waals surface area contributed by atoms with Crippen LogP contribution in [0, 0.1) is 5.92 Å². The van der Waals surface area contributed by atoms with Gasteiger partial charge in [-0.25, -0.2) is 0 Å². The highest BCUT2D eigenvalue weighted by atomic mass is 16.4. The van der Waals surface area contributed by atoms with E-state index >= 15 is 0 Å². The second kappa shape index (κ2) is 6.86. The minimum Gasteiger partial charge on any atom is -0.481 e. The van der Waals surface area contributed by atoms with E-state index in [4.69, 9.17) is 15.3 Å². The number of aliphatic hydroxyl groups is 2. The van der Waals surface area contributed by atoms with Crippen LogP contribution in [0.1, 0.15) is 34.1 Å². The predicted molar refractivity (Wildman–Crippen MR) is 50.5 cm³/mol. The number of aliphatic hydroxyl groups excluding tert-OH is 1. The van der Waals surface area contributed by atoms with Gasteiger partial charge >= 0.3 is 5.97 Å². The topological polar surface area (TPSA) is 77.8 Å². The number of hydrogen-bond acceptors (Lipinski definition) is 3. The van der Waals surface area contributed by atoms with E-state index in [1.54, 1.807) is 27.7 Å². The summed E-state index contributed by atoms with van der Waals surface area (Å²) in [7, 11) is 0. The van der Waals surface area contributed by atoms with Gasteiger partial charge in [-0.3, -0.25) is 4.79 Å². The normalized spacial score (nSPS) is 10.7. The maximum atomic E-state index is 9.70. The van der Waals surface area contributed by atoms with Gasteiger partial charge in [-0.15, -0.1) is 0 Å². The molecule has 0 heterocycles. The summed E-state index contributed by atoms with van der Waals surface area (Å²) in [6.07, 6.45) is 0.451. The van der Waals surface area contributed by atoms with Crippen LogP contribution in [-0.4, -0.2) is 33.5 Å². The highest BCUT2D eigenvalue weighted by Crippen LogP contribution is 2.04. The van der Waals surface area contributed by atoms with Crippen LogP contribution >= 0.6 is 0 Å². The molecule has 0 saturated carbocycles. The second-order valence-corrected chi connectivity index (χ2v) is 3.78. The van der Waals surface area contributed by atoms with Crippen LogP contribution < -0.4 is 0 Å². The average Bonchev–Trinajstić information content (AvgIpc) is 1.85. The third-order valence-corrected chi connectivity index (χ3v) is 1.22. The summed E-state index contributed by atoms with van der Waals surface area (Å²) < 4.78 is 0. The Balaban J connectivity index is 0. The quantitative estimate of drug-likeness (QED) is 0.620. The van der Waals surface area contributed by atoms with E-state index in [9.17, 15) is 4.79 Å². The van der Waals surface area contributed by atoms with E-state index in [1.165, 1.54) is 0 Å². The Morgan fingerprint density at radius 1 is 1.38 bits per heavy atom. The van der Waals surface area contributed by atoms with Crippen molar-refractivity contribution in [2.75, 3.05) is 6.61 Å². The standard InChI is InChI=1S/C5H12O2.C4H8O2/c1-5(2,7)3-4-6;1-3(2)4(5)6/h6-7H,3-4H2,1-2H3;3H,1-2H3,(H,5,6). The van der Waals surface area contributed by atoms with Crippen LogP contribution in [0.4, 0.5) is 0 Å². The molecule has 0 aromatic heterocycles. The summed E-state index contributed by atoms with van der Waals surface area (Å²) >= 11 is 0. The van der Waals surface area contributed by atoms with Gasteiger partial charge < -0.3 is 15.3 Å². The summed E-state index contributed by atoms with van der Waals surface area (Å²) in [6.45, 7) is 6.68. The van der Waals surface area contributed by atoms with E-state index in [2.05, 4.69) is 0 Å². The fourth-order valence-corrected chi connectivity index (χ4v) is 0.274. The first-order valence-electron chi connectivity index (χ1n) is 4.26. The predicted octanol–water partition coefficient (Wildman–Crippen LogP) is 0.867. The molecule has 0 aliphatic carbocycles. The second-order valence-electron chi connectivity index (χ2n) is 3.78. The smallest absolute Gasteiger partial charge is 0.305 e. The minimum atomic E-state index is -0.741. The van der Waals surface area contributed by atoms with Crippen LogP contribution in [-0.2, 0) is 4.79 Å². The number of hydrogen-bond donors (Lipinski definition) is 3.